The van der Waals surface area contributed by atoms with Crippen LogP contribution < -0.4 is 10.6 Å². The molecule has 0 saturated heterocycles. The lowest BCUT2D eigenvalue weighted by Gasteiger charge is -2.17. The standard InChI is InChI=1S/C17H21F4N5O/c1-3-24-9-13(26-23)7-12(8-16(22)17(19,20)21)25-15-5-4-11(18)6-14(15)10(2)27/h4-6,8-10,22-25,27H,3,7H2,1-2H3/b12-8-,13-9-,22-16?,26-23?/t10-/m1/s1. The van der Waals surface area contributed by atoms with Crippen molar-refractivity contribution in [3.05, 3.63) is 53.2 Å². The highest BCUT2D eigenvalue weighted by Gasteiger charge is 2.33. The van der Waals surface area contributed by atoms with Crippen LogP contribution in [0.15, 0.2) is 47.0 Å². The number of anilines is 1. The Kier molecular flexibility index (Phi) is 8.10. The summed E-state index contributed by atoms with van der Waals surface area (Å²) >= 11 is 0. The van der Waals surface area contributed by atoms with Gasteiger partial charge in [0.05, 0.1) is 11.8 Å². The van der Waals surface area contributed by atoms with Gasteiger partial charge in [0.1, 0.15) is 11.5 Å². The van der Waals surface area contributed by atoms with Gasteiger partial charge in [-0.3, -0.25) is 5.41 Å². The first kappa shape index (κ1) is 22.3. The van der Waals surface area contributed by atoms with Crippen LogP contribution in [0.3, 0.4) is 0 Å². The van der Waals surface area contributed by atoms with Gasteiger partial charge in [-0.1, -0.05) is 0 Å². The van der Waals surface area contributed by atoms with Gasteiger partial charge in [0.25, 0.3) is 0 Å². The second kappa shape index (κ2) is 9.81. The van der Waals surface area contributed by atoms with E-state index in [9.17, 15) is 22.7 Å². The van der Waals surface area contributed by atoms with Crippen LogP contribution in [-0.4, -0.2) is 23.5 Å². The summed E-state index contributed by atoms with van der Waals surface area (Å²) in [5.74, 6) is -0.612. The Bertz CT molecular complexity index is 741. The summed E-state index contributed by atoms with van der Waals surface area (Å²) in [5.41, 5.74) is 5.90. The fourth-order valence-electron chi connectivity index (χ4n) is 2.09. The van der Waals surface area contributed by atoms with E-state index in [1.165, 1.54) is 19.2 Å². The van der Waals surface area contributed by atoms with Gasteiger partial charge in [-0.05, 0) is 38.1 Å². The second-order valence-electron chi connectivity index (χ2n) is 5.60. The van der Waals surface area contributed by atoms with E-state index in [2.05, 4.69) is 15.7 Å². The maximum absolute atomic E-state index is 13.4. The number of rotatable bonds is 9. The number of allylic oxidation sites excluding steroid dienone is 1. The molecule has 0 radical (unpaired) electrons. The Hall–Kier alpha value is -2.75. The summed E-state index contributed by atoms with van der Waals surface area (Å²) in [7, 11) is 0. The molecule has 6 nitrogen and oxygen atoms in total. The summed E-state index contributed by atoms with van der Waals surface area (Å²) in [5, 5.41) is 25.7. The molecule has 1 aromatic carbocycles. The van der Waals surface area contributed by atoms with Gasteiger partial charge in [0, 0.05) is 36.1 Å². The van der Waals surface area contributed by atoms with E-state index in [0.717, 1.165) is 12.1 Å². The van der Waals surface area contributed by atoms with Crippen LogP contribution in [0.2, 0.25) is 0 Å². The Labute approximate surface area is 154 Å². The zero-order valence-corrected chi connectivity index (χ0v) is 14.8. The van der Waals surface area contributed by atoms with Crippen molar-refractivity contribution in [2.24, 2.45) is 5.11 Å². The summed E-state index contributed by atoms with van der Waals surface area (Å²) in [6, 6.07) is 3.42. The van der Waals surface area contributed by atoms with Gasteiger partial charge >= 0.3 is 6.18 Å². The summed E-state index contributed by atoms with van der Waals surface area (Å²) in [6.07, 6.45) is -4.21. The molecule has 0 unspecified atom stereocenters. The number of hydrogen-bond acceptors (Lipinski definition) is 6. The number of aliphatic hydroxyl groups is 1. The molecule has 0 aliphatic heterocycles. The fourth-order valence-corrected chi connectivity index (χ4v) is 2.09. The summed E-state index contributed by atoms with van der Waals surface area (Å²) in [6.45, 7) is 3.70. The highest BCUT2D eigenvalue weighted by atomic mass is 19.4. The molecule has 10 heteroatoms. The molecule has 0 spiro atoms. The van der Waals surface area contributed by atoms with Crippen molar-refractivity contribution in [3.8, 4) is 0 Å². The number of hydrogen-bond donors (Lipinski definition) is 5. The van der Waals surface area contributed by atoms with Crippen molar-refractivity contribution in [1.29, 1.82) is 10.9 Å². The molecule has 1 atom stereocenters. The minimum Gasteiger partial charge on any atom is -0.390 e. The van der Waals surface area contributed by atoms with E-state index < -0.39 is 23.8 Å². The van der Waals surface area contributed by atoms with Gasteiger partial charge in [-0.2, -0.15) is 18.3 Å². The predicted octanol–water partition coefficient (Wildman–Crippen LogP) is 4.63. The van der Waals surface area contributed by atoms with Crippen molar-refractivity contribution in [2.45, 2.75) is 32.5 Å². The van der Waals surface area contributed by atoms with E-state index in [1.807, 2.05) is 0 Å². The average Bonchev–Trinajstić information content (AvgIpc) is 2.58. The van der Waals surface area contributed by atoms with Crippen LogP contribution in [0, 0.1) is 16.8 Å². The SMILES string of the molecule is CCN/C=C(/C/C(=C/C(=N)C(F)(F)F)Nc1ccc(F)cc1[C@@H](C)O)N=N. The number of nitrogens with one attached hydrogen (secondary N) is 4. The van der Waals surface area contributed by atoms with E-state index in [1.54, 1.807) is 6.92 Å². The van der Waals surface area contributed by atoms with Crippen LogP contribution in [-0.2, 0) is 0 Å². The van der Waals surface area contributed by atoms with E-state index in [0.29, 0.717) is 12.6 Å². The van der Waals surface area contributed by atoms with Crippen LogP contribution in [0.1, 0.15) is 31.9 Å². The molecule has 0 bridgehead atoms. The van der Waals surface area contributed by atoms with Crippen molar-refractivity contribution >= 4 is 11.4 Å². The topological polar surface area (TPSA) is 104 Å². The lowest BCUT2D eigenvalue weighted by atomic mass is 10.1. The Morgan fingerprint density at radius 2 is 2.04 bits per heavy atom. The number of halogens is 4. The minimum absolute atomic E-state index is 0.0917. The maximum Gasteiger partial charge on any atom is 0.432 e. The molecule has 0 amide bonds. The first-order valence-electron chi connectivity index (χ1n) is 7.99. The van der Waals surface area contributed by atoms with Crippen LogP contribution in [0.5, 0.6) is 0 Å². The summed E-state index contributed by atoms with van der Waals surface area (Å²) in [4.78, 5) is 0. The third kappa shape index (κ3) is 7.18. The van der Waals surface area contributed by atoms with Crippen LogP contribution >= 0.6 is 0 Å². The smallest absolute Gasteiger partial charge is 0.390 e. The molecule has 0 heterocycles. The number of nitrogens with zero attached hydrogens (tertiary/aromatic N) is 1. The maximum atomic E-state index is 13.4. The Balaban J connectivity index is 3.29. The van der Waals surface area contributed by atoms with Crippen molar-refractivity contribution < 1.29 is 22.7 Å². The minimum atomic E-state index is -4.85. The third-order valence-electron chi connectivity index (χ3n) is 3.37. The lowest BCUT2D eigenvalue weighted by Crippen LogP contribution is -2.21. The molecule has 0 aromatic heterocycles. The number of aliphatic hydroxyl groups excluding tert-OH is 1. The van der Waals surface area contributed by atoms with Crippen molar-refractivity contribution in [2.75, 3.05) is 11.9 Å². The summed E-state index contributed by atoms with van der Waals surface area (Å²) < 4.78 is 51.7. The highest BCUT2D eigenvalue weighted by Crippen LogP contribution is 2.27. The zero-order valence-electron chi connectivity index (χ0n) is 14.8. The van der Waals surface area contributed by atoms with Crippen LogP contribution in [0.4, 0.5) is 23.2 Å². The van der Waals surface area contributed by atoms with Crippen LogP contribution in [0.25, 0.3) is 0 Å². The molecule has 0 fully saturated rings. The van der Waals surface area contributed by atoms with E-state index in [-0.39, 0.29) is 29.1 Å². The van der Waals surface area contributed by atoms with E-state index >= 15 is 0 Å². The molecule has 5 N–H and O–H groups in total. The largest absolute Gasteiger partial charge is 0.432 e. The van der Waals surface area contributed by atoms with Gasteiger partial charge < -0.3 is 15.7 Å². The average molecular weight is 387 g/mol. The fraction of sp³-hybridized carbons (Fsp3) is 0.353. The van der Waals surface area contributed by atoms with Gasteiger partial charge in [0.15, 0.2) is 0 Å². The molecule has 0 saturated carbocycles. The quantitative estimate of drug-likeness (QED) is 0.242. The number of alkyl halides is 3. The Morgan fingerprint density at radius 1 is 1.37 bits per heavy atom. The van der Waals surface area contributed by atoms with Gasteiger partial charge in [-0.15, -0.1) is 0 Å². The number of benzene rings is 1. The predicted molar refractivity (Wildman–Crippen MR) is 94.0 cm³/mol. The molecular formula is C17H21F4N5O. The molecule has 0 aliphatic rings. The molecule has 27 heavy (non-hydrogen) atoms. The van der Waals surface area contributed by atoms with Crippen molar-refractivity contribution in [3.63, 3.8) is 0 Å². The molecular weight excluding hydrogens is 366 g/mol. The lowest BCUT2D eigenvalue weighted by molar-refractivity contribution is -0.0584. The highest BCUT2D eigenvalue weighted by molar-refractivity contribution is 5.97. The van der Waals surface area contributed by atoms with E-state index in [4.69, 9.17) is 10.9 Å². The normalized spacial score (nSPS) is 13.9. The second-order valence-corrected chi connectivity index (χ2v) is 5.60. The zero-order chi connectivity index (χ0) is 20.6. The van der Waals surface area contributed by atoms with Gasteiger partial charge in [-0.25, -0.2) is 9.92 Å². The molecule has 1 aromatic rings. The van der Waals surface area contributed by atoms with Gasteiger partial charge in [0.2, 0.25) is 0 Å². The Morgan fingerprint density at radius 3 is 2.56 bits per heavy atom. The molecule has 0 aliphatic carbocycles. The molecule has 148 valence electrons. The monoisotopic (exact) mass is 387 g/mol. The first-order valence-corrected chi connectivity index (χ1v) is 7.99. The van der Waals surface area contributed by atoms with Crippen molar-refractivity contribution in [1.82, 2.24) is 5.32 Å². The molecule has 1 rings (SSSR count). The first-order chi connectivity index (χ1) is 12.6. The third-order valence-corrected chi connectivity index (χ3v) is 3.37.